The Balaban J connectivity index is 2.07. The number of carbonyl (C=O) groups excluding carboxylic acids is 1. The van der Waals surface area contributed by atoms with E-state index >= 15 is 0 Å². The number of hydrogen-bond donors (Lipinski definition) is 3. The van der Waals surface area contributed by atoms with Crippen molar-refractivity contribution in [1.29, 1.82) is 0 Å². The minimum atomic E-state index is -0.197. The van der Waals surface area contributed by atoms with Crippen molar-refractivity contribution in [3.05, 3.63) is 34.9 Å². The van der Waals surface area contributed by atoms with Crippen molar-refractivity contribution >= 4 is 6.03 Å². The number of benzene rings is 1. The third-order valence-electron chi connectivity index (χ3n) is 4.08. The molecule has 0 spiro atoms. The van der Waals surface area contributed by atoms with Crippen LogP contribution in [0.25, 0.3) is 0 Å². The molecule has 2 rings (SSSR count). The summed E-state index contributed by atoms with van der Waals surface area (Å²) >= 11 is 0. The van der Waals surface area contributed by atoms with Crippen molar-refractivity contribution in [2.45, 2.75) is 45.7 Å². The molecule has 0 fully saturated rings. The van der Waals surface area contributed by atoms with Crippen LogP contribution in [0.5, 0.6) is 0 Å². The lowest BCUT2D eigenvalue weighted by Gasteiger charge is -2.21. The van der Waals surface area contributed by atoms with Gasteiger partial charge in [0.15, 0.2) is 0 Å². The molecule has 1 aromatic rings. The number of urea groups is 1. The highest BCUT2D eigenvalue weighted by molar-refractivity contribution is 5.75. The molecule has 0 radical (unpaired) electrons. The molecule has 0 bridgehead atoms. The van der Waals surface area contributed by atoms with Crippen LogP contribution in [0.1, 0.15) is 43.0 Å². The fourth-order valence-electron chi connectivity index (χ4n) is 2.83. The van der Waals surface area contributed by atoms with Crippen molar-refractivity contribution in [1.82, 2.24) is 10.6 Å². The largest absolute Gasteiger partial charge is 0.394 e. The summed E-state index contributed by atoms with van der Waals surface area (Å²) in [6.07, 6.45) is 1.72. The quantitative estimate of drug-likeness (QED) is 0.790. The van der Waals surface area contributed by atoms with Gasteiger partial charge in [0, 0.05) is 0 Å². The number of aliphatic hydroxyl groups is 1. The van der Waals surface area contributed by atoms with E-state index in [-0.39, 0.29) is 24.7 Å². The second-order valence-corrected chi connectivity index (χ2v) is 5.77. The fourth-order valence-corrected chi connectivity index (χ4v) is 2.83. The Labute approximate surface area is 120 Å². The molecule has 0 saturated carbocycles. The first-order valence-electron chi connectivity index (χ1n) is 7.32. The first-order valence-corrected chi connectivity index (χ1v) is 7.32. The molecule has 3 atom stereocenters. The second kappa shape index (κ2) is 6.27. The number of aliphatic hydroxyl groups excluding tert-OH is 1. The number of nitrogens with one attached hydrogen (secondary N) is 2. The molecule has 0 aliphatic heterocycles. The van der Waals surface area contributed by atoms with Gasteiger partial charge >= 0.3 is 6.03 Å². The van der Waals surface area contributed by atoms with Crippen molar-refractivity contribution in [3.8, 4) is 0 Å². The molecule has 1 aromatic carbocycles. The topological polar surface area (TPSA) is 61.4 Å². The van der Waals surface area contributed by atoms with Gasteiger partial charge in [0.05, 0.1) is 18.7 Å². The molecular formula is C16H24N2O2. The van der Waals surface area contributed by atoms with Crippen LogP contribution in [-0.4, -0.2) is 23.8 Å². The van der Waals surface area contributed by atoms with E-state index in [0.717, 1.165) is 12.8 Å². The Morgan fingerprint density at radius 3 is 2.90 bits per heavy atom. The molecule has 4 heteroatoms. The molecular weight excluding hydrogens is 252 g/mol. The molecule has 1 aliphatic carbocycles. The number of carbonyl (C=O) groups is 1. The maximum absolute atomic E-state index is 12.0. The zero-order chi connectivity index (χ0) is 14.7. The molecule has 4 nitrogen and oxygen atoms in total. The molecule has 3 N–H and O–H groups in total. The smallest absolute Gasteiger partial charge is 0.315 e. The number of rotatable bonds is 4. The Morgan fingerprint density at radius 2 is 2.25 bits per heavy atom. The summed E-state index contributed by atoms with van der Waals surface area (Å²) in [6.45, 7) is 6.14. The number of aryl methyl sites for hydroxylation is 1. The van der Waals surface area contributed by atoms with Crippen LogP contribution in [-0.2, 0) is 6.42 Å². The Kier molecular flexibility index (Phi) is 4.65. The highest BCUT2D eigenvalue weighted by atomic mass is 16.3. The maximum atomic E-state index is 12.0. The lowest BCUT2D eigenvalue weighted by atomic mass is 10.0. The van der Waals surface area contributed by atoms with E-state index in [0.29, 0.717) is 5.92 Å². The van der Waals surface area contributed by atoms with Crippen LogP contribution in [0.3, 0.4) is 0 Å². The SMILES string of the molecule is CC[C@H](CO)NC(=O)NC1c2cc(C)ccc2CC1C. The van der Waals surface area contributed by atoms with Gasteiger partial charge in [-0.25, -0.2) is 4.79 Å². The van der Waals surface area contributed by atoms with Crippen LogP contribution in [0, 0.1) is 12.8 Å². The van der Waals surface area contributed by atoms with E-state index in [2.05, 4.69) is 42.7 Å². The van der Waals surface area contributed by atoms with Gasteiger partial charge in [0.25, 0.3) is 0 Å². The summed E-state index contributed by atoms with van der Waals surface area (Å²) in [5.41, 5.74) is 3.76. The summed E-state index contributed by atoms with van der Waals surface area (Å²) < 4.78 is 0. The Bertz CT molecular complexity index is 483. The van der Waals surface area contributed by atoms with Gasteiger partial charge in [-0.15, -0.1) is 0 Å². The van der Waals surface area contributed by atoms with Crippen LogP contribution < -0.4 is 10.6 Å². The van der Waals surface area contributed by atoms with E-state index in [1.165, 1.54) is 16.7 Å². The molecule has 0 saturated heterocycles. The van der Waals surface area contributed by atoms with Gasteiger partial charge in [-0.3, -0.25) is 0 Å². The Morgan fingerprint density at radius 1 is 1.50 bits per heavy atom. The van der Waals surface area contributed by atoms with Gasteiger partial charge in [-0.05, 0) is 36.8 Å². The zero-order valence-corrected chi connectivity index (χ0v) is 12.4. The van der Waals surface area contributed by atoms with Gasteiger partial charge in [0.1, 0.15) is 0 Å². The molecule has 2 amide bonds. The van der Waals surface area contributed by atoms with E-state index in [1.807, 2.05) is 6.92 Å². The second-order valence-electron chi connectivity index (χ2n) is 5.77. The average Bonchev–Trinajstić information content (AvgIpc) is 2.72. The summed E-state index contributed by atoms with van der Waals surface area (Å²) in [7, 11) is 0. The highest BCUT2D eigenvalue weighted by Crippen LogP contribution is 2.36. The lowest BCUT2D eigenvalue weighted by molar-refractivity contribution is 0.209. The first-order chi connectivity index (χ1) is 9.55. The van der Waals surface area contributed by atoms with Crippen LogP contribution in [0.2, 0.25) is 0 Å². The maximum Gasteiger partial charge on any atom is 0.315 e. The third-order valence-corrected chi connectivity index (χ3v) is 4.08. The molecule has 0 aromatic heterocycles. The normalized spacial score (nSPS) is 22.2. The van der Waals surface area contributed by atoms with Crippen LogP contribution in [0.15, 0.2) is 18.2 Å². The lowest BCUT2D eigenvalue weighted by Crippen LogP contribution is -2.45. The standard InChI is InChI=1S/C16H24N2O2/c1-4-13(9-19)17-16(20)18-15-11(3)8-12-6-5-10(2)7-14(12)15/h5-7,11,13,15,19H,4,8-9H2,1-3H3,(H2,17,18,20)/t11?,13-,15?/m1/s1. The van der Waals surface area contributed by atoms with Crippen molar-refractivity contribution in [2.24, 2.45) is 5.92 Å². The summed E-state index contributed by atoms with van der Waals surface area (Å²) in [4.78, 5) is 12.0. The highest BCUT2D eigenvalue weighted by Gasteiger charge is 2.30. The van der Waals surface area contributed by atoms with Crippen molar-refractivity contribution in [2.75, 3.05) is 6.61 Å². The number of amides is 2. The van der Waals surface area contributed by atoms with E-state index in [4.69, 9.17) is 5.11 Å². The van der Waals surface area contributed by atoms with E-state index < -0.39 is 0 Å². The fraction of sp³-hybridized carbons (Fsp3) is 0.562. The van der Waals surface area contributed by atoms with E-state index in [9.17, 15) is 4.79 Å². The predicted octanol–water partition coefficient (Wildman–Crippen LogP) is 2.30. The van der Waals surface area contributed by atoms with Crippen molar-refractivity contribution in [3.63, 3.8) is 0 Å². The van der Waals surface area contributed by atoms with Crippen molar-refractivity contribution < 1.29 is 9.90 Å². The number of hydrogen-bond acceptors (Lipinski definition) is 2. The molecule has 0 heterocycles. The molecule has 110 valence electrons. The Hall–Kier alpha value is -1.55. The van der Waals surface area contributed by atoms with Gasteiger partial charge < -0.3 is 15.7 Å². The minimum Gasteiger partial charge on any atom is -0.394 e. The van der Waals surface area contributed by atoms with Gasteiger partial charge in [-0.2, -0.15) is 0 Å². The monoisotopic (exact) mass is 276 g/mol. The third kappa shape index (κ3) is 3.12. The molecule has 1 aliphatic rings. The zero-order valence-electron chi connectivity index (χ0n) is 12.4. The van der Waals surface area contributed by atoms with Gasteiger partial charge in [0.2, 0.25) is 0 Å². The summed E-state index contributed by atoms with van der Waals surface area (Å²) in [5.74, 6) is 0.395. The minimum absolute atomic E-state index is 0.0279. The number of fused-ring (bicyclic) bond motifs is 1. The first kappa shape index (κ1) is 14.9. The predicted molar refractivity (Wildman–Crippen MR) is 79.6 cm³/mol. The van der Waals surface area contributed by atoms with Crippen LogP contribution in [0.4, 0.5) is 4.79 Å². The molecule has 20 heavy (non-hydrogen) atoms. The van der Waals surface area contributed by atoms with Crippen LogP contribution >= 0.6 is 0 Å². The van der Waals surface area contributed by atoms with Gasteiger partial charge in [-0.1, -0.05) is 37.6 Å². The molecule has 2 unspecified atom stereocenters. The summed E-state index contributed by atoms with van der Waals surface area (Å²) in [5, 5.41) is 15.0. The summed E-state index contributed by atoms with van der Waals surface area (Å²) in [6, 6.07) is 6.12. The van der Waals surface area contributed by atoms with E-state index in [1.54, 1.807) is 0 Å². The average molecular weight is 276 g/mol.